The standard InChI is InChI=1S/C15H20BrN3O2/c16-11-3-4-14(17-7-11)18-12-5-13(6-12)19(9-15(20)21)8-10-1-2-10/h3-4,7,10,12-13H,1-2,5-6,8-9H2,(H,17,18)(H,20,21). The maximum Gasteiger partial charge on any atom is 0.317 e. The first-order chi connectivity index (χ1) is 10.1. The van der Waals surface area contributed by atoms with E-state index >= 15 is 0 Å². The fourth-order valence-electron chi connectivity index (χ4n) is 2.82. The van der Waals surface area contributed by atoms with Crippen molar-refractivity contribution in [3.05, 3.63) is 22.8 Å². The molecule has 6 heteroatoms. The number of halogens is 1. The number of rotatable bonds is 7. The second-order valence-corrected chi connectivity index (χ2v) is 7.01. The number of pyridine rings is 1. The Morgan fingerprint density at radius 1 is 1.43 bits per heavy atom. The number of hydrogen-bond donors (Lipinski definition) is 2. The van der Waals surface area contributed by atoms with Crippen LogP contribution < -0.4 is 5.32 Å². The average molecular weight is 354 g/mol. The summed E-state index contributed by atoms with van der Waals surface area (Å²) in [6, 6.07) is 4.72. The predicted octanol–water partition coefficient (Wildman–Crippen LogP) is 2.58. The highest BCUT2D eigenvalue weighted by atomic mass is 79.9. The summed E-state index contributed by atoms with van der Waals surface area (Å²) in [5, 5.41) is 12.4. The number of nitrogens with one attached hydrogen (secondary N) is 1. The first kappa shape index (κ1) is 14.8. The van der Waals surface area contributed by atoms with Crippen LogP contribution >= 0.6 is 15.9 Å². The molecule has 2 aliphatic rings. The number of carboxylic acid groups (broad SMARTS) is 1. The molecule has 3 rings (SSSR count). The van der Waals surface area contributed by atoms with E-state index in [1.807, 2.05) is 12.1 Å². The molecule has 0 atom stereocenters. The molecule has 2 saturated carbocycles. The first-order valence-electron chi connectivity index (χ1n) is 7.44. The van der Waals surface area contributed by atoms with Crippen molar-refractivity contribution in [3.63, 3.8) is 0 Å². The van der Waals surface area contributed by atoms with Crippen molar-refractivity contribution >= 4 is 27.7 Å². The second-order valence-electron chi connectivity index (χ2n) is 6.09. The minimum Gasteiger partial charge on any atom is -0.480 e. The molecule has 1 aromatic rings. The summed E-state index contributed by atoms with van der Waals surface area (Å²) in [7, 11) is 0. The van der Waals surface area contributed by atoms with E-state index in [0.29, 0.717) is 12.1 Å². The van der Waals surface area contributed by atoms with Gasteiger partial charge >= 0.3 is 5.97 Å². The molecular formula is C15H20BrN3O2. The molecule has 2 aliphatic carbocycles. The monoisotopic (exact) mass is 353 g/mol. The van der Waals surface area contributed by atoms with Crippen LogP contribution in [0.25, 0.3) is 0 Å². The third-order valence-corrected chi connectivity index (χ3v) is 4.71. The zero-order valence-electron chi connectivity index (χ0n) is 11.8. The van der Waals surface area contributed by atoms with Gasteiger partial charge in [0.05, 0.1) is 6.54 Å². The quantitative estimate of drug-likeness (QED) is 0.788. The van der Waals surface area contributed by atoms with Gasteiger partial charge in [-0.3, -0.25) is 9.69 Å². The van der Waals surface area contributed by atoms with Crippen LogP contribution in [0.1, 0.15) is 25.7 Å². The van der Waals surface area contributed by atoms with Crippen LogP contribution in [0.3, 0.4) is 0 Å². The topological polar surface area (TPSA) is 65.5 Å². The molecule has 0 bridgehead atoms. The largest absolute Gasteiger partial charge is 0.480 e. The molecule has 1 heterocycles. The molecule has 0 aliphatic heterocycles. The van der Waals surface area contributed by atoms with Crippen LogP contribution in [0.5, 0.6) is 0 Å². The average Bonchev–Trinajstić information content (AvgIpc) is 3.18. The first-order valence-corrected chi connectivity index (χ1v) is 8.23. The molecule has 0 aromatic carbocycles. The van der Waals surface area contributed by atoms with E-state index in [-0.39, 0.29) is 6.54 Å². The van der Waals surface area contributed by atoms with E-state index in [1.165, 1.54) is 12.8 Å². The van der Waals surface area contributed by atoms with Gasteiger partial charge in [-0.15, -0.1) is 0 Å². The molecule has 2 fully saturated rings. The molecule has 5 nitrogen and oxygen atoms in total. The molecule has 0 saturated heterocycles. The van der Waals surface area contributed by atoms with E-state index in [0.717, 1.165) is 35.6 Å². The maximum absolute atomic E-state index is 11.0. The van der Waals surface area contributed by atoms with E-state index in [1.54, 1.807) is 6.20 Å². The van der Waals surface area contributed by atoms with Crippen molar-refractivity contribution in [1.82, 2.24) is 9.88 Å². The molecule has 0 spiro atoms. The van der Waals surface area contributed by atoms with Crippen LogP contribution in [0.15, 0.2) is 22.8 Å². The van der Waals surface area contributed by atoms with Crippen molar-refractivity contribution in [2.75, 3.05) is 18.4 Å². The maximum atomic E-state index is 11.0. The number of carbonyl (C=O) groups is 1. The Kier molecular flexibility index (Phi) is 4.45. The minimum atomic E-state index is -0.721. The lowest BCUT2D eigenvalue weighted by molar-refractivity contribution is -0.139. The van der Waals surface area contributed by atoms with E-state index < -0.39 is 5.97 Å². The lowest BCUT2D eigenvalue weighted by atomic mass is 9.85. The van der Waals surface area contributed by atoms with Gasteiger partial charge in [0.1, 0.15) is 5.82 Å². The zero-order valence-corrected chi connectivity index (χ0v) is 13.4. The summed E-state index contributed by atoms with van der Waals surface area (Å²) >= 11 is 3.37. The number of hydrogen-bond acceptors (Lipinski definition) is 4. The molecule has 0 amide bonds. The Morgan fingerprint density at radius 2 is 2.19 bits per heavy atom. The van der Waals surface area contributed by atoms with Crippen LogP contribution in [0.2, 0.25) is 0 Å². The number of carboxylic acids is 1. The third-order valence-electron chi connectivity index (χ3n) is 4.24. The molecule has 21 heavy (non-hydrogen) atoms. The highest BCUT2D eigenvalue weighted by molar-refractivity contribution is 9.10. The van der Waals surface area contributed by atoms with E-state index in [2.05, 4.69) is 31.1 Å². The van der Waals surface area contributed by atoms with Gasteiger partial charge < -0.3 is 10.4 Å². The second kappa shape index (κ2) is 6.32. The lowest BCUT2D eigenvalue weighted by Crippen LogP contribution is -2.52. The predicted molar refractivity (Wildman–Crippen MR) is 84.3 cm³/mol. The van der Waals surface area contributed by atoms with Gasteiger partial charge in [0.2, 0.25) is 0 Å². The smallest absolute Gasteiger partial charge is 0.317 e. The van der Waals surface area contributed by atoms with Gasteiger partial charge in [0, 0.05) is 29.3 Å². The summed E-state index contributed by atoms with van der Waals surface area (Å²) in [6.07, 6.45) is 6.29. The van der Waals surface area contributed by atoms with Crippen LogP contribution in [0, 0.1) is 5.92 Å². The van der Waals surface area contributed by atoms with E-state index in [4.69, 9.17) is 5.11 Å². The highest BCUT2D eigenvalue weighted by Crippen LogP contribution is 2.34. The molecule has 114 valence electrons. The van der Waals surface area contributed by atoms with Crippen molar-refractivity contribution in [3.8, 4) is 0 Å². The Balaban J connectivity index is 1.48. The number of nitrogens with zero attached hydrogens (tertiary/aromatic N) is 2. The zero-order chi connectivity index (χ0) is 14.8. The van der Waals surface area contributed by atoms with Crippen LogP contribution in [-0.4, -0.2) is 46.1 Å². The van der Waals surface area contributed by atoms with Crippen molar-refractivity contribution in [2.24, 2.45) is 5.92 Å². The fourth-order valence-corrected chi connectivity index (χ4v) is 3.06. The van der Waals surface area contributed by atoms with Crippen LogP contribution in [0.4, 0.5) is 5.82 Å². The van der Waals surface area contributed by atoms with Crippen molar-refractivity contribution in [2.45, 2.75) is 37.8 Å². The summed E-state index contributed by atoms with van der Waals surface area (Å²) in [5.74, 6) is 0.889. The SMILES string of the molecule is O=C(O)CN(CC1CC1)C1CC(Nc2ccc(Br)cn2)C1. The molecule has 2 N–H and O–H groups in total. The normalized spacial score (nSPS) is 24.7. The summed E-state index contributed by atoms with van der Waals surface area (Å²) in [6.45, 7) is 1.12. The summed E-state index contributed by atoms with van der Waals surface area (Å²) in [4.78, 5) is 17.4. The van der Waals surface area contributed by atoms with Gasteiger partial charge in [-0.1, -0.05) is 0 Å². The van der Waals surface area contributed by atoms with Gasteiger partial charge in [0.15, 0.2) is 0 Å². The number of aliphatic carboxylic acids is 1. The van der Waals surface area contributed by atoms with Gasteiger partial charge in [-0.2, -0.15) is 0 Å². The van der Waals surface area contributed by atoms with E-state index in [9.17, 15) is 4.79 Å². The highest BCUT2D eigenvalue weighted by Gasteiger charge is 2.37. The third kappa shape index (κ3) is 4.17. The molecule has 0 unspecified atom stereocenters. The molecular weight excluding hydrogens is 334 g/mol. The van der Waals surface area contributed by atoms with Gasteiger partial charge in [-0.05, 0) is 59.7 Å². The van der Waals surface area contributed by atoms with Gasteiger partial charge in [-0.25, -0.2) is 4.98 Å². The fraction of sp³-hybridized carbons (Fsp3) is 0.600. The summed E-state index contributed by atoms with van der Waals surface area (Å²) in [5.41, 5.74) is 0. The number of anilines is 1. The Labute approximate surface area is 132 Å². The molecule has 1 aromatic heterocycles. The minimum absolute atomic E-state index is 0.171. The Hall–Kier alpha value is -1.14. The lowest BCUT2D eigenvalue weighted by Gasteiger charge is -2.43. The molecule has 0 radical (unpaired) electrons. The van der Waals surface area contributed by atoms with Crippen LogP contribution in [-0.2, 0) is 4.79 Å². The Morgan fingerprint density at radius 3 is 2.76 bits per heavy atom. The number of aromatic nitrogens is 1. The van der Waals surface area contributed by atoms with Crippen molar-refractivity contribution < 1.29 is 9.90 Å². The van der Waals surface area contributed by atoms with Crippen molar-refractivity contribution in [1.29, 1.82) is 0 Å². The van der Waals surface area contributed by atoms with Gasteiger partial charge in [0.25, 0.3) is 0 Å². The Bertz CT molecular complexity index is 498. The summed E-state index contributed by atoms with van der Waals surface area (Å²) < 4.78 is 0.969.